The lowest BCUT2D eigenvalue weighted by Gasteiger charge is -2.14. The predicted octanol–water partition coefficient (Wildman–Crippen LogP) is -0.139. The number of hydrogen-bond acceptors (Lipinski definition) is 4. The summed E-state index contributed by atoms with van der Waals surface area (Å²) in [4.78, 5) is 13.4. The third-order valence-corrected chi connectivity index (χ3v) is 2.55. The van der Waals surface area contributed by atoms with E-state index in [0.29, 0.717) is 19.8 Å². The normalized spacial score (nSPS) is 15.7. The standard InChI is InChI=1S/C11H22N2O3/c1-12-4-7-15-8-9-16-10-11(14)13-5-2-3-6-13/h12H,2-10H2,1H3. The van der Waals surface area contributed by atoms with Gasteiger partial charge in [-0.15, -0.1) is 0 Å². The summed E-state index contributed by atoms with van der Waals surface area (Å²) in [7, 11) is 1.88. The molecule has 1 aliphatic heterocycles. The number of carbonyl (C=O) groups is 1. The molecular weight excluding hydrogens is 208 g/mol. The fourth-order valence-corrected chi connectivity index (χ4v) is 1.61. The van der Waals surface area contributed by atoms with Crippen molar-refractivity contribution in [1.82, 2.24) is 10.2 Å². The van der Waals surface area contributed by atoms with Crippen molar-refractivity contribution >= 4 is 5.91 Å². The molecule has 0 aromatic carbocycles. The quantitative estimate of drug-likeness (QED) is 0.590. The summed E-state index contributed by atoms with van der Waals surface area (Å²) in [6.07, 6.45) is 2.25. The molecule has 5 nitrogen and oxygen atoms in total. The largest absolute Gasteiger partial charge is 0.378 e. The molecule has 16 heavy (non-hydrogen) atoms. The number of carbonyl (C=O) groups excluding carboxylic acids is 1. The molecule has 0 spiro atoms. The summed E-state index contributed by atoms with van der Waals surface area (Å²) >= 11 is 0. The first kappa shape index (κ1) is 13.4. The fraction of sp³-hybridized carbons (Fsp3) is 0.909. The van der Waals surface area contributed by atoms with Crippen molar-refractivity contribution in [3.05, 3.63) is 0 Å². The van der Waals surface area contributed by atoms with Crippen LogP contribution in [0.5, 0.6) is 0 Å². The number of likely N-dealkylation sites (N-methyl/N-ethyl adjacent to an activating group) is 1. The Morgan fingerprint density at radius 2 is 1.88 bits per heavy atom. The Hall–Kier alpha value is -0.650. The Morgan fingerprint density at radius 1 is 1.19 bits per heavy atom. The van der Waals surface area contributed by atoms with Crippen molar-refractivity contribution in [2.45, 2.75) is 12.8 Å². The summed E-state index contributed by atoms with van der Waals surface area (Å²) in [6.45, 7) is 4.53. The zero-order valence-electron chi connectivity index (χ0n) is 10.0. The van der Waals surface area contributed by atoms with E-state index in [0.717, 1.165) is 32.5 Å². The highest BCUT2D eigenvalue weighted by Gasteiger charge is 2.17. The number of nitrogens with one attached hydrogen (secondary N) is 1. The van der Waals surface area contributed by atoms with Gasteiger partial charge < -0.3 is 19.7 Å². The Labute approximate surface area is 97.1 Å². The van der Waals surface area contributed by atoms with Crippen LogP contribution in [0.3, 0.4) is 0 Å². The number of ether oxygens (including phenoxy) is 2. The molecule has 1 saturated heterocycles. The van der Waals surface area contributed by atoms with Crippen LogP contribution in [0.1, 0.15) is 12.8 Å². The molecule has 0 radical (unpaired) electrons. The van der Waals surface area contributed by atoms with Crippen LogP contribution in [0.4, 0.5) is 0 Å². The van der Waals surface area contributed by atoms with E-state index in [9.17, 15) is 4.79 Å². The van der Waals surface area contributed by atoms with Crippen LogP contribution < -0.4 is 5.32 Å². The van der Waals surface area contributed by atoms with Crippen LogP contribution in [0, 0.1) is 0 Å². The van der Waals surface area contributed by atoms with Gasteiger partial charge in [-0.2, -0.15) is 0 Å². The Bertz CT molecular complexity index is 194. The molecular formula is C11H22N2O3. The molecule has 1 N–H and O–H groups in total. The molecule has 0 aromatic heterocycles. The second kappa shape index (κ2) is 8.50. The first-order valence-corrected chi connectivity index (χ1v) is 5.92. The van der Waals surface area contributed by atoms with Gasteiger partial charge in [0.1, 0.15) is 6.61 Å². The highest BCUT2D eigenvalue weighted by molar-refractivity contribution is 5.77. The van der Waals surface area contributed by atoms with E-state index in [2.05, 4.69) is 5.32 Å². The molecule has 0 bridgehead atoms. The van der Waals surface area contributed by atoms with E-state index in [1.54, 1.807) is 0 Å². The van der Waals surface area contributed by atoms with Crippen molar-refractivity contribution < 1.29 is 14.3 Å². The summed E-state index contributed by atoms with van der Waals surface area (Å²) in [5, 5.41) is 2.99. The SMILES string of the molecule is CNCCOCCOCC(=O)N1CCCC1. The molecule has 0 atom stereocenters. The van der Waals surface area contributed by atoms with Gasteiger partial charge in [0.2, 0.25) is 5.91 Å². The monoisotopic (exact) mass is 230 g/mol. The Kier molecular flexibility index (Phi) is 7.12. The second-order valence-corrected chi connectivity index (χ2v) is 3.86. The number of likely N-dealkylation sites (tertiary alicyclic amines) is 1. The van der Waals surface area contributed by atoms with Gasteiger partial charge in [0.15, 0.2) is 0 Å². The molecule has 94 valence electrons. The number of hydrogen-bond donors (Lipinski definition) is 1. The maximum atomic E-state index is 11.5. The summed E-state index contributed by atoms with van der Waals surface area (Å²) in [5.41, 5.74) is 0. The van der Waals surface area contributed by atoms with Gasteiger partial charge in [-0.1, -0.05) is 0 Å². The van der Waals surface area contributed by atoms with Gasteiger partial charge >= 0.3 is 0 Å². The Balaban J connectivity index is 1.88. The minimum Gasteiger partial charge on any atom is -0.378 e. The molecule has 0 saturated carbocycles. The lowest BCUT2D eigenvalue weighted by molar-refractivity contribution is -0.135. The zero-order chi connectivity index (χ0) is 11.6. The first-order valence-electron chi connectivity index (χ1n) is 5.92. The number of amides is 1. The zero-order valence-corrected chi connectivity index (χ0v) is 10.0. The van der Waals surface area contributed by atoms with E-state index in [4.69, 9.17) is 9.47 Å². The highest BCUT2D eigenvalue weighted by Crippen LogP contribution is 2.07. The second-order valence-electron chi connectivity index (χ2n) is 3.86. The molecule has 5 heteroatoms. The van der Waals surface area contributed by atoms with Gasteiger partial charge in [0, 0.05) is 19.6 Å². The summed E-state index contributed by atoms with van der Waals surface area (Å²) < 4.78 is 10.5. The van der Waals surface area contributed by atoms with Crippen LogP contribution >= 0.6 is 0 Å². The average Bonchev–Trinajstić information content (AvgIpc) is 2.81. The average molecular weight is 230 g/mol. The highest BCUT2D eigenvalue weighted by atomic mass is 16.5. The van der Waals surface area contributed by atoms with Gasteiger partial charge in [-0.3, -0.25) is 4.79 Å². The minimum atomic E-state index is 0.104. The lowest BCUT2D eigenvalue weighted by atomic mass is 10.4. The minimum absolute atomic E-state index is 0.104. The predicted molar refractivity (Wildman–Crippen MR) is 61.4 cm³/mol. The van der Waals surface area contributed by atoms with Crippen LogP contribution in [-0.4, -0.2) is 63.9 Å². The lowest BCUT2D eigenvalue weighted by Crippen LogP contribution is -2.31. The van der Waals surface area contributed by atoms with Crippen molar-refractivity contribution in [1.29, 1.82) is 0 Å². The van der Waals surface area contributed by atoms with Crippen molar-refractivity contribution in [2.75, 3.05) is 53.1 Å². The van der Waals surface area contributed by atoms with E-state index < -0.39 is 0 Å². The number of rotatable bonds is 8. The number of nitrogens with zero attached hydrogens (tertiary/aromatic N) is 1. The molecule has 0 aromatic rings. The third kappa shape index (κ3) is 5.44. The van der Waals surface area contributed by atoms with Crippen LogP contribution in [-0.2, 0) is 14.3 Å². The molecule has 1 fully saturated rings. The van der Waals surface area contributed by atoms with Crippen molar-refractivity contribution in [2.24, 2.45) is 0 Å². The molecule has 1 aliphatic rings. The van der Waals surface area contributed by atoms with E-state index in [1.165, 1.54) is 0 Å². The van der Waals surface area contributed by atoms with Gasteiger partial charge in [0.05, 0.1) is 19.8 Å². The van der Waals surface area contributed by atoms with Crippen LogP contribution in [0.2, 0.25) is 0 Å². The maximum Gasteiger partial charge on any atom is 0.248 e. The van der Waals surface area contributed by atoms with E-state index >= 15 is 0 Å². The topological polar surface area (TPSA) is 50.8 Å². The molecule has 0 unspecified atom stereocenters. The molecule has 1 heterocycles. The Morgan fingerprint density at radius 3 is 2.56 bits per heavy atom. The smallest absolute Gasteiger partial charge is 0.248 e. The molecule has 0 aliphatic carbocycles. The van der Waals surface area contributed by atoms with Gasteiger partial charge in [-0.05, 0) is 19.9 Å². The summed E-state index contributed by atoms with van der Waals surface area (Å²) in [5.74, 6) is 0.104. The maximum absolute atomic E-state index is 11.5. The van der Waals surface area contributed by atoms with Gasteiger partial charge in [0.25, 0.3) is 0 Å². The van der Waals surface area contributed by atoms with E-state index in [1.807, 2.05) is 11.9 Å². The molecule has 1 amide bonds. The van der Waals surface area contributed by atoms with Crippen LogP contribution in [0.15, 0.2) is 0 Å². The van der Waals surface area contributed by atoms with Crippen molar-refractivity contribution in [3.63, 3.8) is 0 Å². The van der Waals surface area contributed by atoms with Crippen LogP contribution in [0.25, 0.3) is 0 Å². The van der Waals surface area contributed by atoms with Gasteiger partial charge in [-0.25, -0.2) is 0 Å². The van der Waals surface area contributed by atoms with E-state index in [-0.39, 0.29) is 12.5 Å². The first-order chi connectivity index (χ1) is 7.84. The molecule has 1 rings (SSSR count). The fourth-order valence-electron chi connectivity index (χ4n) is 1.61. The summed E-state index contributed by atoms with van der Waals surface area (Å²) in [6, 6.07) is 0. The third-order valence-electron chi connectivity index (χ3n) is 2.55. The van der Waals surface area contributed by atoms with Crippen molar-refractivity contribution in [3.8, 4) is 0 Å².